The maximum absolute atomic E-state index is 13.4. The van der Waals surface area contributed by atoms with Crippen LogP contribution < -0.4 is 10.1 Å². The predicted octanol–water partition coefficient (Wildman–Crippen LogP) is 3.59. The number of hydrogen-bond acceptors (Lipinski definition) is 5. The monoisotopic (exact) mass is 393 g/mol. The van der Waals surface area contributed by atoms with Crippen molar-refractivity contribution in [3.05, 3.63) is 58.6 Å². The summed E-state index contributed by atoms with van der Waals surface area (Å²) in [6, 6.07) is 13.2. The zero-order valence-corrected chi connectivity index (χ0v) is 16.2. The van der Waals surface area contributed by atoms with Gasteiger partial charge in [0.05, 0.1) is 23.9 Å². The number of carbonyl (C=O) groups excluding carboxylic acids is 2. The molecule has 2 heterocycles. The highest BCUT2D eigenvalue weighted by Crippen LogP contribution is 2.41. The van der Waals surface area contributed by atoms with E-state index in [1.807, 2.05) is 42.5 Å². The van der Waals surface area contributed by atoms with Crippen LogP contribution >= 0.6 is 11.3 Å². The Morgan fingerprint density at radius 2 is 2.11 bits per heavy atom. The first kappa shape index (κ1) is 17.2. The first-order valence-corrected chi connectivity index (χ1v) is 10.1. The van der Waals surface area contributed by atoms with Crippen molar-refractivity contribution >= 4 is 33.5 Å². The van der Waals surface area contributed by atoms with Crippen LogP contribution in [0.3, 0.4) is 0 Å². The number of imide groups is 1. The van der Waals surface area contributed by atoms with Gasteiger partial charge in [0.2, 0.25) is 0 Å². The molecule has 1 atom stereocenters. The van der Waals surface area contributed by atoms with Crippen LogP contribution in [0.5, 0.6) is 5.75 Å². The Hall–Kier alpha value is -2.93. The molecule has 2 aromatic carbocycles. The molecule has 1 saturated heterocycles. The molecule has 1 aliphatic carbocycles. The zero-order valence-electron chi connectivity index (χ0n) is 15.4. The van der Waals surface area contributed by atoms with Gasteiger partial charge in [-0.25, -0.2) is 9.78 Å². The lowest BCUT2D eigenvalue weighted by Gasteiger charge is -2.33. The van der Waals surface area contributed by atoms with Gasteiger partial charge in [-0.05, 0) is 54.7 Å². The average Bonchev–Trinajstić information content (AvgIpc) is 3.22. The summed E-state index contributed by atoms with van der Waals surface area (Å²) in [5, 5.41) is 3.75. The number of aryl methyl sites for hydroxylation is 1. The third kappa shape index (κ3) is 2.50. The molecule has 0 unspecified atom stereocenters. The van der Waals surface area contributed by atoms with Crippen LogP contribution in [0.25, 0.3) is 10.2 Å². The molecule has 2 aliphatic rings. The highest BCUT2D eigenvalue weighted by molar-refractivity contribution is 7.18. The van der Waals surface area contributed by atoms with Crippen LogP contribution in [0.1, 0.15) is 29.0 Å². The summed E-state index contributed by atoms with van der Waals surface area (Å²) in [6.07, 6.45) is 2.31. The molecule has 142 valence electrons. The van der Waals surface area contributed by atoms with Crippen molar-refractivity contribution in [2.24, 2.45) is 0 Å². The van der Waals surface area contributed by atoms with E-state index in [1.54, 1.807) is 7.11 Å². The SMILES string of the molecule is COc1ccc2c(c1)CCC[C@@]21NC(=O)N(Cc2nc3ccccc3s2)C1=O. The number of para-hydroxylation sites is 1. The molecule has 1 aromatic heterocycles. The number of methoxy groups -OCH3 is 1. The van der Waals surface area contributed by atoms with E-state index in [4.69, 9.17) is 4.74 Å². The van der Waals surface area contributed by atoms with Crippen molar-refractivity contribution in [3.8, 4) is 5.75 Å². The summed E-state index contributed by atoms with van der Waals surface area (Å²) in [5.74, 6) is 0.571. The van der Waals surface area contributed by atoms with Crippen molar-refractivity contribution < 1.29 is 14.3 Å². The van der Waals surface area contributed by atoms with Crippen molar-refractivity contribution in [3.63, 3.8) is 0 Å². The molecular weight excluding hydrogens is 374 g/mol. The van der Waals surface area contributed by atoms with Crippen LogP contribution in [0.4, 0.5) is 4.79 Å². The molecule has 0 radical (unpaired) electrons. The van der Waals surface area contributed by atoms with Crippen LogP contribution in [0.15, 0.2) is 42.5 Å². The molecule has 1 N–H and O–H groups in total. The Morgan fingerprint density at radius 1 is 1.25 bits per heavy atom. The second kappa shape index (κ2) is 6.31. The van der Waals surface area contributed by atoms with Crippen molar-refractivity contribution in [2.75, 3.05) is 7.11 Å². The van der Waals surface area contributed by atoms with E-state index in [0.717, 1.165) is 44.9 Å². The molecule has 3 amide bonds. The molecule has 1 fully saturated rings. The molecule has 5 rings (SSSR count). The van der Waals surface area contributed by atoms with Crippen LogP contribution in [0, 0.1) is 0 Å². The fourth-order valence-corrected chi connectivity index (χ4v) is 5.20. The highest BCUT2D eigenvalue weighted by atomic mass is 32.1. The van der Waals surface area contributed by atoms with Crippen LogP contribution in [0.2, 0.25) is 0 Å². The Morgan fingerprint density at radius 3 is 2.93 bits per heavy atom. The molecule has 3 aromatic rings. The summed E-state index contributed by atoms with van der Waals surface area (Å²) in [5.41, 5.74) is 1.85. The molecule has 0 bridgehead atoms. The number of urea groups is 1. The van der Waals surface area contributed by atoms with E-state index in [2.05, 4.69) is 10.3 Å². The second-order valence-corrected chi connectivity index (χ2v) is 8.29. The van der Waals surface area contributed by atoms with Gasteiger partial charge in [-0.3, -0.25) is 9.69 Å². The summed E-state index contributed by atoms with van der Waals surface area (Å²) in [6.45, 7) is 0.192. The summed E-state index contributed by atoms with van der Waals surface area (Å²) >= 11 is 1.51. The highest BCUT2D eigenvalue weighted by Gasteiger charge is 2.54. The zero-order chi connectivity index (χ0) is 19.3. The van der Waals surface area contributed by atoms with Gasteiger partial charge in [0.15, 0.2) is 0 Å². The molecule has 28 heavy (non-hydrogen) atoms. The minimum absolute atomic E-state index is 0.192. The van der Waals surface area contributed by atoms with Crippen molar-refractivity contribution in [2.45, 2.75) is 31.3 Å². The van der Waals surface area contributed by atoms with E-state index in [9.17, 15) is 9.59 Å². The van der Waals surface area contributed by atoms with Crippen molar-refractivity contribution in [1.29, 1.82) is 0 Å². The minimum atomic E-state index is -0.979. The van der Waals surface area contributed by atoms with Crippen LogP contribution in [-0.2, 0) is 23.3 Å². The number of amides is 3. The Balaban J connectivity index is 1.49. The molecule has 6 nitrogen and oxygen atoms in total. The summed E-state index contributed by atoms with van der Waals surface area (Å²) < 4.78 is 6.37. The Kier molecular flexibility index (Phi) is 3.87. The number of carbonyl (C=O) groups is 2. The number of rotatable bonds is 3. The lowest BCUT2D eigenvalue weighted by Crippen LogP contribution is -2.46. The molecular formula is C21H19N3O3S. The molecule has 0 saturated carbocycles. The largest absolute Gasteiger partial charge is 0.497 e. The second-order valence-electron chi connectivity index (χ2n) is 7.18. The van der Waals surface area contributed by atoms with Gasteiger partial charge < -0.3 is 10.1 Å². The quantitative estimate of drug-likeness (QED) is 0.691. The Labute approximate surface area is 166 Å². The smallest absolute Gasteiger partial charge is 0.325 e. The summed E-state index contributed by atoms with van der Waals surface area (Å²) in [7, 11) is 1.63. The predicted molar refractivity (Wildman–Crippen MR) is 106 cm³/mol. The number of benzene rings is 2. The third-order valence-electron chi connectivity index (χ3n) is 5.58. The molecule has 7 heteroatoms. The number of fused-ring (bicyclic) bond motifs is 3. The van der Waals surface area contributed by atoms with E-state index >= 15 is 0 Å². The van der Waals surface area contributed by atoms with Gasteiger partial charge >= 0.3 is 6.03 Å². The van der Waals surface area contributed by atoms with Gasteiger partial charge in [0.25, 0.3) is 5.91 Å². The van der Waals surface area contributed by atoms with Gasteiger partial charge in [-0.1, -0.05) is 18.2 Å². The first-order chi connectivity index (χ1) is 13.6. The van der Waals surface area contributed by atoms with Gasteiger partial charge in [-0.2, -0.15) is 0 Å². The van der Waals surface area contributed by atoms with Gasteiger partial charge in [0.1, 0.15) is 16.3 Å². The summed E-state index contributed by atoms with van der Waals surface area (Å²) in [4.78, 5) is 32.1. The fourth-order valence-electron chi connectivity index (χ4n) is 4.24. The maximum Gasteiger partial charge on any atom is 0.325 e. The first-order valence-electron chi connectivity index (χ1n) is 9.27. The van der Waals surface area contributed by atoms with Gasteiger partial charge in [-0.15, -0.1) is 11.3 Å². The van der Waals surface area contributed by atoms with Gasteiger partial charge in [0, 0.05) is 0 Å². The van der Waals surface area contributed by atoms with E-state index < -0.39 is 5.54 Å². The van der Waals surface area contributed by atoms with E-state index in [1.165, 1.54) is 16.2 Å². The Bertz CT molecular complexity index is 1080. The van der Waals surface area contributed by atoms with E-state index in [0.29, 0.717) is 6.42 Å². The number of ether oxygens (including phenoxy) is 1. The number of nitrogens with one attached hydrogen (secondary N) is 1. The molecule has 1 spiro atoms. The van der Waals surface area contributed by atoms with E-state index in [-0.39, 0.29) is 18.5 Å². The number of aromatic nitrogens is 1. The number of thiazole rings is 1. The lowest BCUT2D eigenvalue weighted by atomic mass is 9.76. The molecule has 1 aliphatic heterocycles. The lowest BCUT2D eigenvalue weighted by molar-refractivity contribution is -0.132. The minimum Gasteiger partial charge on any atom is -0.497 e. The third-order valence-corrected chi connectivity index (χ3v) is 6.60. The number of hydrogen-bond donors (Lipinski definition) is 1. The van der Waals surface area contributed by atoms with Crippen LogP contribution in [-0.4, -0.2) is 28.9 Å². The topological polar surface area (TPSA) is 71.5 Å². The number of nitrogens with zero attached hydrogens (tertiary/aromatic N) is 2. The fraction of sp³-hybridized carbons (Fsp3) is 0.286. The standard InChI is InChI=1S/C21H19N3O3S/c1-27-14-8-9-15-13(11-14)5-4-10-21(15)19(25)24(20(26)23-21)12-18-22-16-6-2-3-7-17(16)28-18/h2-3,6-9,11H,4-5,10,12H2,1H3,(H,23,26)/t21-/m1/s1. The average molecular weight is 393 g/mol. The maximum atomic E-state index is 13.4. The normalized spacial score (nSPS) is 21.2. The van der Waals surface area contributed by atoms with Crippen molar-refractivity contribution in [1.82, 2.24) is 15.2 Å².